The monoisotopic (exact) mass is 347 g/mol. The largest absolute Gasteiger partial charge is 0.366 e. The van der Waals surface area contributed by atoms with Gasteiger partial charge in [0.05, 0.1) is 4.92 Å². The number of H-pyrrole nitrogens is 1. The Labute approximate surface area is 145 Å². The van der Waals surface area contributed by atoms with Crippen LogP contribution < -0.4 is 4.90 Å². The first-order valence-corrected chi connectivity index (χ1v) is 8.57. The van der Waals surface area contributed by atoms with Crippen LogP contribution in [-0.2, 0) is 6.54 Å². The van der Waals surface area contributed by atoms with Gasteiger partial charge < -0.3 is 9.47 Å². The second-order valence-electron chi connectivity index (χ2n) is 6.14. The van der Waals surface area contributed by atoms with Crippen molar-refractivity contribution in [2.75, 3.05) is 18.0 Å². The molecule has 1 aromatic heterocycles. The number of rotatable bonds is 4. The van der Waals surface area contributed by atoms with Gasteiger partial charge in [0.15, 0.2) is 4.77 Å². The predicted octanol–water partition coefficient (Wildman–Crippen LogP) is 3.56. The lowest BCUT2D eigenvalue weighted by Gasteiger charge is -2.33. The van der Waals surface area contributed by atoms with Crippen LogP contribution in [0.15, 0.2) is 18.2 Å². The summed E-state index contributed by atoms with van der Waals surface area (Å²) in [6.45, 7) is 6.28. The molecule has 0 aliphatic carbocycles. The molecule has 2 aromatic rings. The van der Waals surface area contributed by atoms with Gasteiger partial charge in [0.1, 0.15) is 11.5 Å². The highest BCUT2D eigenvalue weighted by Crippen LogP contribution is 2.34. The zero-order valence-corrected chi connectivity index (χ0v) is 14.7. The fourth-order valence-electron chi connectivity index (χ4n) is 3.37. The van der Waals surface area contributed by atoms with Crippen molar-refractivity contribution in [2.45, 2.75) is 39.2 Å². The summed E-state index contributed by atoms with van der Waals surface area (Å²) in [5.74, 6) is 1.33. The van der Waals surface area contributed by atoms with Crippen molar-refractivity contribution in [1.82, 2.24) is 14.8 Å². The number of aromatic amines is 1. The third-order valence-electron chi connectivity index (χ3n) is 4.63. The Morgan fingerprint density at radius 3 is 2.75 bits per heavy atom. The van der Waals surface area contributed by atoms with Gasteiger partial charge in [-0.2, -0.15) is 5.10 Å². The summed E-state index contributed by atoms with van der Waals surface area (Å²) in [6.07, 6.45) is 1.81. The molecule has 0 radical (unpaired) electrons. The molecule has 0 spiro atoms. The lowest BCUT2D eigenvalue weighted by Crippen LogP contribution is -2.34. The van der Waals surface area contributed by atoms with E-state index in [0.29, 0.717) is 16.4 Å². The average molecular weight is 347 g/mol. The molecule has 3 rings (SSSR count). The van der Waals surface area contributed by atoms with E-state index in [-0.39, 0.29) is 10.6 Å². The molecule has 2 heterocycles. The van der Waals surface area contributed by atoms with E-state index in [1.807, 2.05) is 23.6 Å². The Morgan fingerprint density at radius 2 is 2.12 bits per heavy atom. The normalized spacial score (nSPS) is 15.7. The van der Waals surface area contributed by atoms with Gasteiger partial charge in [0, 0.05) is 31.6 Å². The Kier molecular flexibility index (Phi) is 4.66. The minimum Gasteiger partial charge on any atom is -0.366 e. The smallest absolute Gasteiger partial charge is 0.292 e. The molecule has 8 heteroatoms. The predicted molar refractivity (Wildman–Crippen MR) is 95.1 cm³/mol. The molecule has 1 aromatic carbocycles. The van der Waals surface area contributed by atoms with Crippen LogP contribution in [-0.4, -0.2) is 32.8 Å². The summed E-state index contributed by atoms with van der Waals surface area (Å²) in [5, 5.41) is 18.6. The van der Waals surface area contributed by atoms with Crippen LogP contribution >= 0.6 is 12.2 Å². The quantitative estimate of drug-likeness (QED) is 0.520. The summed E-state index contributed by atoms with van der Waals surface area (Å²) in [4.78, 5) is 13.1. The van der Waals surface area contributed by atoms with Crippen molar-refractivity contribution >= 4 is 23.6 Å². The minimum atomic E-state index is -0.295. The Hall–Kier alpha value is -2.22. The molecule has 0 saturated carbocycles. The van der Waals surface area contributed by atoms with Gasteiger partial charge in [-0.05, 0) is 50.5 Å². The van der Waals surface area contributed by atoms with Crippen molar-refractivity contribution in [2.24, 2.45) is 0 Å². The topological polar surface area (TPSA) is 80.0 Å². The summed E-state index contributed by atoms with van der Waals surface area (Å²) >= 11 is 5.26. The van der Waals surface area contributed by atoms with Crippen LogP contribution in [0, 0.1) is 21.8 Å². The molecular weight excluding hydrogens is 326 g/mol. The number of nitrogens with zero attached hydrogens (tertiary/aromatic N) is 4. The molecule has 0 unspecified atom stereocenters. The summed E-state index contributed by atoms with van der Waals surface area (Å²) < 4.78 is 2.69. The first kappa shape index (κ1) is 16.6. The molecule has 1 aliphatic rings. The Bertz CT molecular complexity index is 805. The van der Waals surface area contributed by atoms with Gasteiger partial charge in [-0.1, -0.05) is 6.07 Å². The van der Waals surface area contributed by atoms with Gasteiger partial charge in [0.25, 0.3) is 5.69 Å². The van der Waals surface area contributed by atoms with Crippen LogP contribution in [0.1, 0.15) is 37.1 Å². The summed E-state index contributed by atoms with van der Waals surface area (Å²) in [6, 6.07) is 5.43. The highest BCUT2D eigenvalue weighted by atomic mass is 32.1. The number of anilines is 1. The van der Waals surface area contributed by atoms with Crippen molar-refractivity contribution in [3.8, 4) is 0 Å². The first-order chi connectivity index (χ1) is 11.5. The number of piperidine rings is 1. The Balaban J connectivity index is 1.78. The van der Waals surface area contributed by atoms with Crippen LogP contribution in [0.2, 0.25) is 0 Å². The molecule has 1 N–H and O–H groups in total. The zero-order chi connectivity index (χ0) is 17.3. The van der Waals surface area contributed by atoms with E-state index >= 15 is 0 Å². The SMILES string of the molecule is CCn1c(C2CCN(c3ccc(C)cc3[N+](=O)[O-])CC2)n[nH]c1=S. The number of nitro benzene ring substituents is 1. The van der Waals surface area contributed by atoms with Gasteiger partial charge >= 0.3 is 0 Å². The standard InChI is InChI=1S/C16H21N5O2S/c1-3-20-15(17-18-16(20)24)12-6-8-19(9-7-12)13-5-4-11(2)10-14(13)21(22)23/h4-5,10,12H,3,6-9H2,1-2H3,(H,18,24). The maximum absolute atomic E-state index is 11.3. The number of aryl methyl sites for hydroxylation is 1. The third-order valence-corrected chi connectivity index (χ3v) is 4.94. The van der Waals surface area contributed by atoms with Crippen LogP contribution in [0.4, 0.5) is 11.4 Å². The number of nitrogens with one attached hydrogen (secondary N) is 1. The van der Waals surface area contributed by atoms with Crippen LogP contribution in [0.5, 0.6) is 0 Å². The molecule has 1 saturated heterocycles. The van der Waals surface area contributed by atoms with Crippen molar-refractivity contribution in [1.29, 1.82) is 0 Å². The lowest BCUT2D eigenvalue weighted by atomic mass is 9.95. The van der Waals surface area contributed by atoms with E-state index in [2.05, 4.69) is 22.0 Å². The Morgan fingerprint density at radius 1 is 1.42 bits per heavy atom. The lowest BCUT2D eigenvalue weighted by molar-refractivity contribution is -0.384. The second kappa shape index (κ2) is 6.72. The van der Waals surface area contributed by atoms with Crippen molar-refractivity contribution in [3.63, 3.8) is 0 Å². The van der Waals surface area contributed by atoms with E-state index in [4.69, 9.17) is 12.2 Å². The number of benzene rings is 1. The molecule has 24 heavy (non-hydrogen) atoms. The fourth-order valence-corrected chi connectivity index (χ4v) is 3.64. The summed E-state index contributed by atoms with van der Waals surface area (Å²) in [7, 11) is 0. The number of hydrogen-bond donors (Lipinski definition) is 1. The number of hydrogen-bond acceptors (Lipinski definition) is 5. The molecule has 0 bridgehead atoms. The molecule has 128 valence electrons. The first-order valence-electron chi connectivity index (χ1n) is 8.16. The average Bonchev–Trinajstić information content (AvgIpc) is 2.95. The van der Waals surface area contributed by atoms with Gasteiger partial charge in [-0.3, -0.25) is 15.2 Å². The van der Waals surface area contributed by atoms with Gasteiger partial charge in [0.2, 0.25) is 0 Å². The van der Waals surface area contributed by atoms with Gasteiger partial charge in [-0.15, -0.1) is 0 Å². The van der Waals surface area contributed by atoms with E-state index in [0.717, 1.165) is 43.9 Å². The minimum absolute atomic E-state index is 0.185. The highest BCUT2D eigenvalue weighted by Gasteiger charge is 2.27. The van der Waals surface area contributed by atoms with Crippen LogP contribution in [0.3, 0.4) is 0 Å². The fraction of sp³-hybridized carbons (Fsp3) is 0.500. The highest BCUT2D eigenvalue weighted by molar-refractivity contribution is 7.71. The third kappa shape index (κ3) is 3.06. The molecule has 1 fully saturated rings. The second-order valence-corrected chi connectivity index (χ2v) is 6.53. The van der Waals surface area contributed by atoms with E-state index in [9.17, 15) is 10.1 Å². The molecular formula is C16H21N5O2S. The molecule has 0 atom stereocenters. The number of nitro groups is 1. The number of aromatic nitrogens is 3. The molecule has 1 aliphatic heterocycles. The molecule has 0 amide bonds. The zero-order valence-electron chi connectivity index (χ0n) is 13.9. The maximum Gasteiger partial charge on any atom is 0.292 e. The van der Waals surface area contributed by atoms with Crippen LogP contribution in [0.25, 0.3) is 0 Å². The maximum atomic E-state index is 11.3. The van der Waals surface area contributed by atoms with E-state index in [1.165, 1.54) is 0 Å². The van der Waals surface area contributed by atoms with E-state index in [1.54, 1.807) is 6.07 Å². The summed E-state index contributed by atoms with van der Waals surface area (Å²) in [5.41, 5.74) is 1.79. The van der Waals surface area contributed by atoms with Crippen molar-refractivity contribution < 1.29 is 4.92 Å². The van der Waals surface area contributed by atoms with E-state index < -0.39 is 0 Å². The molecule has 7 nitrogen and oxygen atoms in total. The van der Waals surface area contributed by atoms with Crippen molar-refractivity contribution in [3.05, 3.63) is 44.5 Å². The van der Waals surface area contributed by atoms with Gasteiger partial charge in [-0.25, -0.2) is 0 Å².